The average Bonchev–Trinajstić information content (AvgIpc) is 2.63. The van der Waals surface area contributed by atoms with Gasteiger partial charge in [0, 0.05) is 16.6 Å². The van der Waals surface area contributed by atoms with Crippen molar-refractivity contribution < 1.29 is 17.9 Å². The maximum absolute atomic E-state index is 12.7. The van der Waals surface area contributed by atoms with Crippen molar-refractivity contribution in [2.45, 2.75) is 44.6 Å². The van der Waals surface area contributed by atoms with Crippen LogP contribution in [0.4, 0.5) is 5.69 Å². The van der Waals surface area contributed by atoms with E-state index in [1.165, 1.54) is 12.1 Å². The molecule has 2 N–H and O–H groups in total. The van der Waals surface area contributed by atoms with Gasteiger partial charge in [-0.2, -0.15) is 0 Å². The fourth-order valence-electron chi connectivity index (χ4n) is 2.68. The van der Waals surface area contributed by atoms with Crippen molar-refractivity contribution >= 4 is 33.2 Å². The second-order valence-corrected chi connectivity index (χ2v) is 8.51. The second-order valence-electron chi connectivity index (χ2n) is 6.36. The molecule has 0 fully saturated rings. The number of carbonyl (C=O) groups is 1. The van der Waals surface area contributed by atoms with Gasteiger partial charge in [-0.15, -0.1) is 0 Å². The summed E-state index contributed by atoms with van der Waals surface area (Å²) in [5.74, 6) is 0.00449. The third-order valence-electron chi connectivity index (χ3n) is 3.99. The summed E-state index contributed by atoms with van der Waals surface area (Å²) in [7, 11) is -3.72. The summed E-state index contributed by atoms with van der Waals surface area (Å²) < 4.78 is 33.5. The van der Waals surface area contributed by atoms with E-state index in [-0.39, 0.29) is 22.5 Å². The lowest BCUT2D eigenvalue weighted by molar-refractivity contribution is 0.102. The number of nitrogens with one attached hydrogen (secondary N) is 2. The van der Waals surface area contributed by atoms with E-state index < -0.39 is 10.0 Å². The van der Waals surface area contributed by atoms with Crippen LogP contribution in [0, 0.1) is 0 Å². The number of ether oxygens (including phenoxy) is 1. The number of hydrogen-bond acceptors (Lipinski definition) is 4. The zero-order valence-electron chi connectivity index (χ0n) is 16.2. The molecule has 0 aliphatic carbocycles. The van der Waals surface area contributed by atoms with Crippen LogP contribution in [0.25, 0.3) is 0 Å². The summed E-state index contributed by atoms with van der Waals surface area (Å²) in [6.07, 6.45) is 1.60. The average molecular weight is 425 g/mol. The highest BCUT2D eigenvalue weighted by Crippen LogP contribution is 2.28. The Morgan fingerprint density at radius 1 is 1.14 bits per heavy atom. The van der Waals surface area contributed by atoms with Gasteiger partial charge in [-0.3, -0.25) is 4.79 Å². The number of rotatable bonds is 9. The van der Waals surface area contributed by atoms with Crippen LogP contribution < -0.4 is 14.8 Å². The normalized spacial score (nSPS) is 12.4. The molecule has 0 aromatic heterocycles. The molecule has 0 radical (unpaired) electrons. The Morgan fingerprint density at radius 3 is 2.43 bits per heavy atom. The molecule has 0 bridgehead atoms. The molecule has 0 saturated carbocycles. The minimum absolute atomic E-state index is 0.0605. The Bertz CT molecular complexity index is 914. The van der Waals surface area contributed by atoms with Crippen LogP contribution in [-0.4, -0.2) is 27.0 Å². The maximum atomic E-state index is 12.7. The van der Waals surface area contributed by atoms with Crippen LogP contribution in [-0.2, 0) is 10.0 Å². The second kappa shape index (κ2) is 9.91. The van der Waals surface area contributed by atoms with E-state index in [4.69, 9.17) is 16.3 Å². The third kappa shape index (κ3) is 5.95. The standard InChI is InChI=1S/C20H25ClN2O4S/c1-4-6-14(3)23-28(25,26)17-11-12-19(27-5-2)18(13-17)22-20(24)15-7-9-16(21)10-8-15/h7-14,23H,4-6H2,1-3H3,(H,22,24)/t14-/m0/s1. The molecule has 28 heavy (non-hydrogen) atoms. The van der Waals surface area contributed by atoms with E-state index in [9.17, 15) is 13.2 Å². The summed E-state index contributed by atoms with van der Waals surface area (Å²) in [5, 5.41) is 3.24. The van der Waals surface area contributed by atoms with Gasteiger partial charge in [0.1, 0.15) is 5.75 Å². The minimum atomic E-state index is -3.72. The van der Waals surface area contributed by atoms with E-state index >= 15 is 0 Å². The molecule has 2 rings (SSSR count). The van der Waals surface area contributed by atoms with Crippen LogP contribution in [0.15, 0.2) is 47.4 Å². The molecule has 0 spiro atoms. The van der Waals surface area contributed by atoms with E-state index in [1.54, 1.807) is 30.3 Å². The van der Waals surface area contributed by atoms with E-state index in [2.05, 4.69) is 10.0 Å². The number of amides is 1. The Balaban J connectivity index is 2.32. The highest BCUT2D eigenvalue weighted by Gasteiger charge is 2.20. The SMILES string of the molecule is CCC[C@H](C)NS(=O)(=O)c1ccc(OCC)c(NC(=O)c2ccc(Cl)cc2)c1. The number of benzene rings is 2. The molecule has 2 aromatic carbocycles. The molecule has 152 valence electrons. The lowest BCUT2D eigenvalue weighted by Crippen LogP contribution is -2.32. The van der Waals surface area contributed by atoms with Gasteiger partial charge in [0.15, 0.2) is 0 Å². The van der Waals surface area contributed by atoms with Crippen LogP contribution in [0.2, 0.25) is 5.02 Å². The third-order valence-corrected chi connectivity index (χ3v) is 5.83. The van der Waals surface area contributed by atoms with E-state index in [0.29, 0.717) is 22.9 Å². The lowest BCUT2D eigenvalue weighted by Gasteiger charge is -2.16. The minimum Gasteiger partial charge on any atom is -0.492 e. The summed E-state index contributed by atoms with van der Waals surface area (Å²) >= 11 is 5.85. The van der Waals surface area contributed by atoms with Crippen LogP contribution >= 0.6 is 11.6 Å². The van der Waals surface area contributed by atoms with Gasteiger partial charge in [0.05, 0.1) is 17.2 Å². The van der Waals surface area contributed by atoms with Crippen molar-refractivity contribution in [1.29, 1.82) is 0 Å². The maximum Gasteiger partial charge on any atom is 0.255 e. The summed E-state index contributed by atoms with van der Waals surface area (Å²) in [6.45, 7) is 6.00. The van der Waals surface area contributed by atoms with Gasteiger partial charge in [-0.1, -0.05) is 24.9 Å². The predicted molar refractivity (Wildman–Crippen MR) is 112 cm³/mol. The van der Waals surface area contributed by atoms with Crippen molar-refractivity contribution in [2.75, 3.05) is 11.9 Å². The van der Waals surface area contributed by atoms with Crippen LogP contribution in [0.1, 0.15) is 44.0 Å². The Kier molecular flexibility index (Phi) is 7.86. The monoisotopic (exact) mass is 424 g/mol. The first-order valence-electron chi connectivity index (χ1n) is 9.13. The number of carbonyl (C=O) groups excluding carboxylic acids is 1. The Hall–Kier alpha value is -2.09. The summed E-state index contributed by atoms with van der Waals surface area (Å²) in [5.41, 5.74) is 0.683. The van der Waals surface area contributed by atoms with Crippen molar-refractivity contribution in [3.05, 3.63) is 53.1 Å². The summed E-state index contributed by atoms with van der Waals surface area (Å²) in [4.78, 5) is 12.6. The fraction of sp³-hybridized carbons (Fsp3) is 0.350. The molecule has 0 aliphatic rings. The van der Waals surface area contributed by atoms with Gasteiger partial charge in [0.25, 0.3) is 5.91 Å². The fourth-order valence-corrected chi connectivity index (χ4v) is 4.11. The molecule has 1 atom stereocenters. The number of halogens is 1. The number of anilines is 1. The molecule has 0 saturated heterocycles. The van der Waals surface area contributed by atoms with Gasteiger partial charge in [0.2, 0.25) is 10.0 Å². The zero-order valence-corrected chi connectivity index (χ0v) is 17.7. The first kappa shape index (κ1) is 22.2. The van der Waals surface area contributed by atoms with E-state index in [0.717, 1.165) is 12.8 Å². The van der Waals surface area contributed by atoms with Crippen LogP contribution in [0.5, 0.6) is 5.75 Å². The number of sulfonamides is 1. The Labute approximate surface area is 171 Å². The van der Waals surface area contributed by atoms with Gasteiger partial charge in [-0.05, 0) is 62.7 Å². The van der Waals surface area contributed by atoms with Crippen molar-refractivity contribution in [2.24, 2.45) is 0 Å². The largest absolute Gasteiger partial charge is 0.492 e. The lowest BCUT2D eigenvalue weighted by atomic mass is 10.2. The van der Waals surface area contributed by atoms with Gasteiger partial charge in [-0.25, -0.2) is 13.1 Å². The molecule has 8 heteroatoms. The molecular formula is C20H25ClN2O4S. The predicted octanol–water partition coefficient (Wildman–Crippen LogP) is 4.46. The van der Waals surface area contributed by atoms with Crippen LogP contribution in [0.3, 0.4) is 0 Å². The smallest absolute Gasteiger partial charge is 0.255 e. The molecular weight excluding hydrogens is 400 g/mol. The molecule has 2 aromatic rings. The molecule has 0 unspecified atom stereocenters. The van der Waals surface area contributed by atoms with E-state index in [1.807, 2.05) is 20.8 Å². The molecule has 6 nitrogen and oxygen atoms in total. The molecule has 0 heterocycles. The van der Waals surface area contributed by atoms with Crippen molar-refractivity contribution in [3.63, 3.8) is 0 Å². The highest BCUT2D eigenvalue weighted by molar-refractivity contribution is 7.89. The first-order valence-corrected chi connectivity index (χ1v) is 11.0. The van der Waals surface area contributed by atoms with Gasteiger partial charge >= 0.3 is 0 Å². The van der Waals surface area contributed by atoms with Crippen molar-refractivity contribution in [3.8, 4) is 5.75 Å². The first-order chi connectivity index (χ1) is 13.3. The quantitative estimate of drug-likeness (QED) is 0.622. The zero-order chi connectivity index (χ0) is 20.7. The highest BCUT2D eigenvalue weighted by atomic mass is 35.5. The topological polar surface area (TPSA) is 84.5 Å². The van der Waals surface area contributed by atoms with Crippen molar-refractivity contribution in [1.82, 2.24) is 4.72 Å². The number of hydrogen-bond donors (Lipinski definition) is 2. The Morgan fingerprint density at radius 2 is 1.82 bits per heavy atom. The van der Waals surface area contributed by atoms with Gasteiger partial charge < -0.3 is 10.1 Å². The summed E-state index contributed by atoms with van der Waals surface area (Å²) in [6, 6.07) is 10.6. The molecule has 0 aliphatic heterocycles. The molecule has 1 amide bonds.